The van der Waals surface area contributed by atoms with Gasteiger partial charge in [0.1, 0.15) is 5.69 Å². The van der Waals surface area contributed by atoms with Crippen molar-refractivity contribution in [2.24, 2.45) is 0 Å². The second-order valence-corrected chi connectivity index (χ2v) is 5.26. The monoisotopic (exact) mass is 338 g/mol. The molecule has 1 aromatic heterocycles. The first-order valence-corrected chi connectivity index (χ1v) is 7.61. The number of hydrogen-bond donors (Lipinski definition) is 1. The van der Waals surface area contributed by atoms with Gasteiger partial charge in [0.05, 0.1) is 0 Å². The Morgan fingerprint density at radius 3 is 1.88 bits per heavy atom. The van der Waals surface area contributed by atoms with Crippen molar-refractivity contribution in [1.82, 2.24) is 4.98 Å². The third kappa shape index (κ3) is 4.43. The summed E-state index contributed by atoms with van der Waals surface area (Å²) in [5, 5.41) is 3.05. The van der Waals surface area contributed by atoms with Crippen molar-refractivity contribution in [1.29, 1.82) is 0 Å². The highest BCUT2D eigenvalue weighted by atomic mass is 35.5. The van der Waals surface area contributed by atoms with Crippen LogP contribution < -0.4 is 17.6 Å². The topological polar surface area (TPSA) is 36.1 Å². The highest BCUT2D eigenvalue weighted by Gasteiger charge is 2.18. The third-order valence-corrected chi connectivity index (χ3v) is 3.58. The van der Waals surface area contributed by atoms with Crippen LogP contribution in [0.25, 0.3) is 0 Å². The lowest BCUT2D eigenvalue weighted by Crippen LogP contribution is -3.00. The summed E-state index contributed by atoms with van der Waals surface area (Å²) in [6.07, 6.45) is 1.59. The van der Waals surface area contributed by atoms with Gasteiger partial charge in [0, 0.05) is 24.2 Å². The molecule has 0 atom stereocenters. The Labute approximate surface area is 148 Å². The summed E-state index contributed by atoms with van der Waals surface area (Å²) in [4.78, 5) is 10.3. The molecule has 3 rings (SSSR count). The molecular formula is C20H19ClN2O. The molecule has 0 aliphatic carbocycles. The zero-order chi connectivity index (χ0) is 15.9. The minimum atomic E-state index is -0.184. The van der Waals surface area contributed by atoms with Gasteiger partial charge in [-0.3, -0.25) is 9.82 Å². The standard InChI is InChI=1S/C20H18N2O.ClH/c1-16(19-14-8-9-15-21-19)22-23-20(17-10-4-2-5-11-17)18-12-6-3-7-13-18;/h2-15,20H,1H3;1H. The zero-order valence-electron chi connectivity index (χ0n) is 13.4. The SMILES string of the molecule is CC(=[NH+]OC(c1ccccc1)c1ccccc1)c1ccccn1.[Cl-]. The van der Waals surface area contributed by atoms with Crippen LogP contribution in [0.2, 0.25) is 0 Å². The van der Waals surface area contributed by atoms with Crippen LogP contribution in [0, 0.1) is 0 Å². The zero-order valence-corrected chi connectivity index (χ0v) is 14.1. The van der Waals surface area contributed by atoms with E-state index >= 15 is 0 Å². The van der Waals surface area contributed by atoms with E-state index in [0.29, 0.717) is 0 Å². The molecule has 1 N–H and O–H groups in total. The minimum absolute atomic E-state index is 0. The summed E-state index contributed by atoms with van der Waals surface area (Å²) in [6, 6.07) is 26.1. The normalized spacial score (nSPS) is 11.0. The van der Waals surface area contributed by atoms with Crippen molar-refractivity contribution < 1.29 is 22.4 Å². The predicted octanol–water partition coefficient (Wildman–Crippen LogP) is -0.304. The van der Waals surface area contributed by atoms with Crippen molar-refractivity contribution in [2.45, 2.75) is 13.0 Å². The number of pyridine rings is 1. The van der Waals surface area contributed by atoms with E-state index in [1.165, 1.54) is 0 Å². The molecule has 1 heterocycles. The van der Waals surface area contributed by atoms with Gasteiger partial charge < -0.3 is 12.4 Å². The average molecular weight is 339 g/mol. The Bertz CT molecular complexity index is 722. The van der Waals surface area contributed by atoms with Crippen LogP contribution in [0.5, 0.6) is 0 Å². The van der Waals surface area contributed by atoms with E-state index in [2.05, 4.69) is 34.4 Å². The molecule has 3 nitrogen and oxygen atoms in total. The second kappa shape index (κ2) is 8.85. The van der Waals surface area contributed by atoms with Gasteiger partial charge in [0.2, 0.25) is 11.8 Å². The fourth-order valence-electron chi connectivity index (χ4n) is 2.37. The summed E-state index contributed by atoms with van der Waals surface area (Å²) in [5.74, 6) is 0. The summed E-state index contributed by atoms with van der Waals surface area (Å²) in [6.45, 7) is 1.95. The molecule has 0 bridgehead atoms. The average Bonchev–Trinajstić information content (AvgIpc) is 2.64. The molecule has 0 radical (unpaired) electrons. The molecule has 3 aromatic rings. The fraction of sp³-hybridized carbons (Fsp3) is 0.100. The van der Waals surface area contributed by atoms with Gasteiger partial charge in [0.25, 0.3) is 0 Å². The lowest BCUT2D eigenvalue weighted by Gasteiger charge is -2.12. The molecule has 0 saturated carbocycles. The maximum Gasteiger partial charge on any atom is 0.247 e. The van der Waals surface area contributed by atoms with Crippen molar-refractivity contribution >= 4 is 5.71 Å². The van der Waals surface area contributed by atoms with Gasteiger partial charge in [-0.25, -0.2) is 0 Å². The molecule has 0 aliphatic rings. The summed E-state index contributed by atoms with van der Waals surface area (Å²) < 4.78 is 0. The van der Waals surface area contributed by atoms with E-state index in [-0.39, 0.29) is 18.5 Å². The number of benzene rings is 2. The van der Waals surface area contributed by atoms with Crippen molar-refractivity contribution in [3.05, 3.63) is 102 Å². The lowest BCUT2D eigenvalue weighted by atomic mass is 10.0. The largest absolute Gasteiger partial charge is 1.00 e. The van der Waals surface area contributed by atoms with Crippen molar-refractivity contribution in [2.75, 3.05) is 0 Å². The maximum atomic E-state index is 6.00. The van der Waals surface area contributed by atoms with Gasteiger partial charge >= 0.3 is 0 Å². The molecule has 0 amide bonds. The van der Waals surface area contributed by atoms with Gasteiger partial charge in [-0.1, -0.05) is 66.7 Å². The maximum absolute atomic E-state index is 6.00. The lowest BCUT2D eigenvalue weighted by molar-refractivity contribution is -0.764. The van der Waals surface area contributed by atoms with E-state index in [0.717, 1.165) is 22.5 Å². The van der Waals surface area contributed by atoms with Gasteiger partial charge in [-0.05, 0) is 17.3 Å². The van der Waals surface area contributed by atoms with E-state index in [4.69, 9.17) is 4.84 Å². The summed E-state index contributed by atoms with van der Waals surface area (Å²) >= 11 is 0. The van der Waals surface area contributed by atoms with E-state index < -0.39 is 0 Å². The molecule has 2 aromatic carbocycles. The molecule has 0 aliphatic heterocycles. The van der Waals surface area contributed by atoms with Crippen LogP contribution in [0.4, 0.5) is 0 Å². The molecule has 122 valence electrons. The van der Waals surface area contributed by atoms with Crippen molar-refractivity contribution in [3.63, 3.8) is 0 Å². The highest BCUT2D eigenvalue weighted by Crippen LogP contribution is 2.23. The van der Waals surface area contributed by atoms with E-state index in [1.807, 2.05) is 61.5 Å². The van der Waals surface area contributed by atoms with Crippen LogP contribution in [0.15, 0.2) is 85.1 Å². The molecule has 0 unspecified atom stereocenters. The van der Waals surface area contributed by atoms with Crippen LogP contribution in [0.3, 0.4) is 0 Å². The first-order chi connectivity index (χ1) is 11.3. The molecule has 0 spiro atoms. The first kappa shape index (κ1) is 17.7. The quantitative estimate of drug-likeness (QED) is 0.512. The minimum Gasteiger partial charge on any atom is -1.00 e. The first-order valence-electron chi connectivity index (χ1n) is 7.61. The number of aromatic nitrogens is 1. The summed E-state index contributed by atoms with van der Waals surface area (Å²) in [5.41, 5.74) is 3.94. The Kier molecular flexibility index (Phi) is 6.52. The Balaban J connectivity index is 0.00000208. The van der Waals surface area contributed by atoms with Crippen LogP contribution in [0.1, 0.15) is 29.8 Å². The Morgan fingerprint density at radius 1 is 0.833 bits per heavy atom. The number of halogens is 1. The fourth-order valence-corrected chi connectivity index (χ4v) is 2.37. The molecular weight excluding hydrogens is 320 g/mol. The second-order valence-electron chi connectivity index (χ2n) is 5.26. The van der Waals surface area contributed by atoms with E-state index in [9.17, 15) is 0 Å². The van der Waals surface area contributed by atoms with Gasteiger partial charge in [0.15, 0.2) is 0 Å². The van der Waals surface area contributed by atoms with E-state index in [1.54, 1.807) is 6.20 Å². The Hall–Kier alpha value is -2.65. The smallest absolute Gasteiger partial charge is 0.247 e. The molecule has 4 heteroatoms. The van der Waals surface area contributed by atoms with Crippen LogP contribution in [-0.4, -0.2) is 10.7 Å². The van der Waals surface area contributed by atoms with Gasteiger partial charge in [-0.2, -0.15) is 0 Å². The number of rotatable bonds is 5. The Morgan fingerprint density at radius 2 is 1.38 bits per heavy atom. The molecule has 24 heavy (non-hydrogen) atoms. The highest BCUT2D eigenvalue weighted by molar-refractivity contribution is 5.91. The number of nitrogens with zero attached hydrogens (tertiary/aromatic N) is 1. The number of nitrogens with one attached hydrogen (secondary N) is 1. The third-order valence-electron chi connectivity index (χ3n) is 3.58. The van der Waals surface area contributed by atoms with Crippen molar-refractivity contribution in [3.8, 4) is 0 Å². The predicted molar refractivity (Wildman–Crippen MR) is 90.8 cm³/mol. The molecule has 0 fully saturated rings. The van der Waals surface area contributed by atoms with Crippen LogP contribution in [-0.2, 0) is 4.84 Å². The molecule has 0 saturated heterocycles. The van der Waals surface area contributed by atoms with Crippen LogP contribution >= 0.6 is 0 Å². The van der Waals surface area contributed by atoms with Gasteiger partial charge in [-0.15, -0.1) is 0 Å². The number of hydrogen-bond acceptors (Lipinski definition) is 2. The summed E-state index contributed by atoms with van der Waals surface area (Å²) in [7, 11) is 0.